The number of nitrogens with one attached hydrogen (secondary N) is 1. The fourth-order valence-electron chi connectivity index (χ4n) is 4.36. The minimum Gasteiger partial charge on any atom is -0.494 e. The third kappa shape index (κ3) is 6.58. The van der Waals surface area contributed by atoms with Crippen molar-refractivity contribution in [2.75, 3.05) is 5.73 Å². The number of rotatable bonds is 7. The molecule has 3 aromatic rings. The van der Waals surface area contributed by atoms with Crippen LogP contribution in [0.2, 0.25) is 0 Å². The van der Waals surface area contributed by atoms with Gasteiger partial charge in [-0.2, -0.15) is 13.2 Å². The summed E-state index contributed by atoms with van der Waals surface area (Å²) in [5, 5.41) is 3.33. The Hall–Kier alpha value is -1.62. The number of nitrogens with zero attached hydrogens (tertiary/aromatic N) is 2. The van der Waals surface area contributed by atoms with Gasteiger partial charge in [0, 0.05) is 42.5 Å². The molecule has 0 amide bonds. The van der Waals surface area contributed by atoms with Crippen LogP contribution in [0.5, 0.6) is 0 Å². The molecule has 1 aromatic carbocycles. The van der Waals surface area contributed by atoms with Crippen molar-refractivity contribution >= 4 is 5.82 Å². The number of allylic oxidation sites excluding steroid dienone is 4. The van der Waals surface area contributed by atoms with E-state index in [1.807, 2.05) is 19.1 Å². The molecular formula is C26H27F4KN4. The van der Waals surface area contributed by atoms with Gasteiger partial charge < -0.3 is 20.6 Å². The van der Waals surface area contributed by atoms with E-state index in [1.165, 1.54) is 18.2 Å². The summed E-state index contributed by atoms with van der Waals surface area (Å²) in [5.74, 6) is 0.227. The van der Waals surface area contributed by atoms with E-state index in [0.717, 1.165) is 40.1 Å². The molecular weight excluding hydrogens is 483 g/mol. The summed E-state index contributed by atoms with van der Waals surface area (Å²) < 4.78 is 54.0. The quantitative estimate of drug-likeness (QED) is 0.379. The average Bonchev–Trinajstić information content (AvgIpc) is 3.32. The first-order valence-electron chi connectivity index (χ1n) is 11.0. The summed E-state index contributed by atoms with van der Waals surface area (Å²) >= 11 is 0. The van der Waals surface area contributed by atoms with Gasteiger partial charge >= 0.3 is 57.6 Å². The van der Waals surface area contributed by atoms with E-state index >= 15 is 0 Å². The maximum Gasteiger partial charge on any atom is 1.00 e. The van der Waals surface area contributed by atoms with Crippen LogP contribution in [0.3, 0.4) is 0 Å². The topological polar surface area (TPSA) is 57.1 Å². The smallest absolute Gasteiger partial charge is 0.494 e. The minimum absolute atomic E-state index is 0. The van der Waals surface area contributed by atoms with Crippen molar-refractivity contribution in [2.45, 2.75) is 46.1 Å². The molecule has 2 heterocycles. The Kier molecular flexibility index (Phi) is 8.94. The monoisotopic (exact) mass is 510 g/mol. The van der Waals surface area contributed by atoms with Crippen LogP contribution in [0.1, 0.15) is 35.7 Å². The van der Waals surface area contributed by atoms with E-state index in [0.29, 0.717) is 31.9 Å². The Bertz CT molecular complexity index is 1220. The van der Waals surface area contributed by atoms with Gasteiger partial charge in [-0.25, -0.2) is 4.39 Å². The van der Waals surface area contributed by atoms with Crippen molar-refractivity contribution in [1.82, 2.24) is 14.9 Å². The molecule has 0 radical (unpaired) electrons. The van der Waals surface area contributed by atoms with Crippen molar-refractivity contribution in [1.29, 1.82) is 0 Å². The second-order valence-electron chi connectivity index (χ2n) is 9.07. The second-order valence-corrected chi connectivity index (χ2v) is 9.07. The van der Waals surface area contributed by atoms with Gasteiger partial charge in [-0.15, -0.1) is 0 Å². The standard InChI is InChI=1S/C26H27F4N4.K/c1-17-23(22-9-12-33-24(22)31)19(15-34(17)16-25(2)10-7-21(27)8-11-25)14-32-13-18-3-5-20(6-4-18)26(28,29)30;/h3-10,12,15,32H,11,13-14,16,31H2,1-2H3;/q-1;+1. The van der Waals surface area contributed by atoms with E-state index in [9.17, 15) is 17.6 Å². The number of halogens is 4. The molecule has 1 aliphatic rings. The third-order valence-corrected chi connectivity index (χ3v) is 6.29. The number of anilines is 1. The Morgan fingerprint density at radius 1 is 1.14 bits per heavy atom. The predicted octanol–water partition coefficient (Wildman–Crippen LogP) is 3.14. The number of nitrogen functional groups attached to an aromatic ring is 1. The first-order valence-corrected chi connectivity index (χ1v) is 11.0. The van der Waals surface area contributed by atoms with Crippen molar-refractivity contribution in [3.8, 4) is 11.1 Å². The maximum atomic E-state index is 13.5. The molecule has 1 aliphatic carbocycles. The molecule has 0 fully saturated rings. The molecule has 0 spiro atoms. The zero-order chi connectivity index (χ0) is 24.5. The second kappa shape index (κ2) is 11.2. The Morgan fingerprint density at radius 2 is 1.86 bits per heavy atom. The molecule has 0 bridgehead atoms. The molecule has 0 saturated heterocycles. The van der Waals surface area contributed by atoms with Crippen LogP contribution in [0.4, 0.5) is 23.4 Å². The van der Waals surface area contributed by atoms with Gasteiger partial charge in [0.15, 0.2) is 0 Å². The van der Waals surface area contributed by atoms with Crippen molar-refractivity contribution < 1.29 is 68.9 Å². The molecule has 0 saturated carbocycles. The van der Waals surface area contributed by atoms with Gasteiger partial charge in [0.2, 0.25) is 0 Å². The third-order valence-electron chi connectivity index (χ3n) is 6.29. The molecule has 4 rings (SSSR count). The zero-order valence-electron chi connectivity index (χ0n) is 20.1. The molecule has 3 N–H and O–H groups in total. The van der Waals surface area contributed by atoms with Crippen LogP contribution in [-0.2, 0) is 25.8 Å². The molecule has 4 nitrogen and oxygen atoms in total. The fourth-order valence-corrected chi connectivity index (χ4v) is 4.36. The summed E-state index contributed by atoms with van der Waals surface area (Å²) in [6.07, 6.45) is 5.00. The van der Waals surface area contributed by atoms with Crippen LogP contribution >= 0.6 is 0 Å². The first-order chi connectivity index (χ1) is 16.1. The van der Waals surface area contributed by atoms with E-state index in [-0.39, 0.29) is 62.6 Å². The summed E-state index contributed by atoms with van der Waals surface area (Å²) in [6.45, 7) is 5.69. The predicted molar refractivity (Wildman–Crippen MR) is 125 cm³/mol. The number of benzene rings is 1. The Morgan fingerprint density at radius 3 is 2.43 bits per heavy atom. The van der Waals surface area contributed by atoms with Gasteiger partial charge in [0.25, 0.3) is 0 Å². The average molecular weight is 511 g/mol. The SMILES string of the molecule is Cc1c(-c2cc[n-]c2N)c(CNCc2ccc(C(F)(F)F)cc2)cn1CC1(C)C=CC(F)=CC1.[K+]. The summed E-state index contributed by atoms with van der Waals surface area (Å²) in [5.41, 5.74) is 9.86. The van der Waals surface area contributed by atoms with Crippen LogP contribution in [0, 0.1) is 12.3 Å². The number of alkyl halides is 3. The van der Waals surface area contributed by atoms with Crippen LogP contribution in [-0.4, -0.2) is 4.57 Å². The minimum atomic E-state index is -4.35. The zero-order valence-corrected chi connectivity index (χ0v) is 23.2. The number of hydrogen-bond donors (Lipinski definition) is 2. The van der Waals surface area contributed by atoms with Gasteiger partial charge in [0.05, 0.1) is 5.56 Å². The number of aromatic nitrogens is 2. The first kappa shape index (κ1) is 28.0. The van der Waals surface area contributed by atoms with Crippen LogP contribution in [0.25, 0.3) is 11.1 Å². The van der Waals surface area contributed by atoms with Crippen LogP contribution in [0.15, 0.2) is 66.8 Å². The van der Waals surface area contributed by atoms with Gasteiger partial charge in [-0.3, -0.25) is 0 Å². The molecule has 180 valence electrons. The number of hydrogen-bond acceptors (Lipinski definition) is 2. The molecule has 35 heavy (non-hydrogen) atoms. The van der Waals surface area contributed by atoms with E-state index in [1.54, 1.807) is 12.3 Å². The van der Waals surface area contributed by atoms with Gasteiger partial charge in [-0.1, -0.05) is 43.2 Å². The molecule has 2 aromatic heterocycles. The maximum absolute atomic E-state index is 13.5. The molecule has 9 heteroatoms. The van der Waals surface area contributed by atoms with Gasteiger partial charge in [0.1, 0.15) is 5.83 Å². The fraction of sp³-hybridized carbons (Fsp3) is 0.308. The summed E-state index contributed by atoms with van der Waals surface area (Å²) in [6, 6.07) is 7.02. The Balaban J connectivity index is 0.00000342. The van der Waals surface area contributed by atoms with Gasteiger partial charge in [-0.05, 0) is 54.3 Å². The number of nitrogens with two attached hydrogens (primary N) is 1. The largest absolute Gasteiger partial charge is 1.00 e. The van der Waals surface area contributed by atoms with Crippen molar-refractivity contribution in [2.24, 2.45) is 5.41 Å². The van der Waals surface area contributed by atoms with E-state index < -0.39 is 11.7 Å². The molecule has 1 unspecified atom stereocenters. The molecule has 0 aliphatic heterocycles. The van der Waals surface area contributed by atoms with Crippen molar-refractivity contribution in [3.05, 3.63) is 89.2 Å². The van der Waals surface area contributed by atoms with Crippen LogP contribution < -0.4 is 67.4 Å². The molecule has 1 atom stereocenters. The summed E-state index contributed by atoms with van der Waals surface area (Å²) in [7, 11) is 0. The van der Waals surface area contributed by atoms with Crippen molar-refractivity contribution in [3.63, 3.8) is 0 Å². The summed E-state index contributed by atoms with van der Waals surface area (Å²) in [4.78, 5) is 4.17. The Labute approximate surface area is 245 Å². The van der Waals surface area contributed by atoms with E-state index in [2.05, 4.69) is 28.0 Å². The normalized spacial score (nSPS) is 17.8. The van der Waals surface area contributed by atoms with E-state index in [4.69, 9.17) is 5.73 Å².